The third-order valence-corrected chi connectivity index (χ3v) is 4.40. The normalized spacial score (nSPS) is 11.1. The number of rotatable bonds is 2. The summed E-state index contributed by atoms with van der Waals surface area (Å²) in [7, 11) is 0. The van der Waals surface area contributed by atoms with Crippen molar-refractivity contribution in [3.63, 3.8) is 0 Å². The average Bonchev–Trinajstić information content (AvgIpc) is 3.13. The van der Waals surface area contributed by atoms with Crippen LogP contribution < -0.4 is 5.32 Å². The van der Waals surface area contributed by atoms with E-state index in [1.54, 1.807) is 19.1 Å². The number of hydrogen-bond donors (Lipinski definition) is 1. The van der Waals surface area contributed by atoms with Crippen LogP contribution in [0.15, 0.2) is 52.9 Å². The molecule has 22 heavy (non-hydrogen) atoms. The lowest BCUT2D eigenvalue weighted by atomic mass is 10.1. The molecule has 108 valence electrons. The van der Waals surface area contributed by atoms with Gasteiger partial charge in [-0.25, -0.2) is 4.98 Å². The van der Waals surface area contributed by atoms with Crippen LogP contribution in [0.1, 0.15) is 16.3 Å². The topological polar surface area (TPSA) is 55.1 Å². The largest absolute Gasteiger partial charge is 0.456 e. The second-order valence-electron chi connectivity index (χ2n) is 5.02. The number of nitrogens with zero attached hydrogens (tertiary/aromatic N) is 1. The Labute approximate surface area is 130 Å². The van der Waals surface area contributed by atoms with Crippen molar-refractivity contribution in [2.45, 2.75) is 6.92 Å². The van der Waals surface area contributed by atoms with Gasteiger partial charge in [-0.3, -0.25) is 10.1 Å². The second-order valence-corrected chi connectivity index (χ2v) is 6.05. The Balaban J connectivity index is 1.73. The molecule has 5 heteroatoms. The van der Waals surface area contributed by atoms with Crippen molar-refractivity contribution >= 4 is 43.4 Å². The van der Waals surface area contributed by atoms with E-state index in [0.717, 1.165) is 21.0 Å². The summed E-state index contributed by atoms with van der Waals surface area (Å²) in [6.07, 6.45) is 0. The summed E-state index contributed by atoms with van der Waals surface area (Å²) >= 11 is 1.46. The molecule has 1 N–H and O–H groups in total. The molecule has 0 aliphatic heterocycles. The first-order chi connectivity index (χ1) is 10.7. The van der Waals surface area contributed by atoms with Crippen molar-refractivity contribution in [2.75, 3.05) is 5.32 Å². The fraction of sp³-hybridized carbons (Fsp3) is 0.0588. The Morgan fingerprint density at radius 3 is 2.82 bits per heavy atom. The zero-order valence-electron chi connectivity index (χ0n) is 11.8. The first-order valence-electron chi connectivity index (χ1n) is 6.87. The fourth-order valence-electron chi connectivity index (χ4n) is 2.43. The molecule has 0 fully saturated rings. The molecule has 4 rings (SSSR count). The minimum atomic E-state index is -0.281. The molecule has 0 atom stereocenters. The van der Waals surface area contributed by atoms with Crippen molar-refractivity contribution < 1.29 is 9.21 Å². The van der Waals surface area contributed by atoms with E-state index < -0.39 is 0 Å². The number of nitrogens with one attached hydrogen (secondary N) is 1. The number of carbonyl (C=O) groups excluding carboxylic acids is 1. The Bertz CT molecular complexity index is 1000. The number of aromatic nitrogens is 1. The lowest BCUT2D eigenvalue weighted by Crippen LogP contribution is -2.10. The van der Waals surface area contributed by atoms with Gasteiger partial charge in [-0.15, -0.1) is 0 Å². The number of aryl methyl sites for hydroxylation is 1. The van der Waals surface area contributed by atoms with Crippen LogP contribution in [-0.2, 0) is 0 Å². The van der Waals surface area contributed by atoms with E-state index in [1.165, 1.54) is 11.3 Å². The molecule has 4 aromatic rings. The summed E-state index contributed by atoms with van der Waals surface area (Å²) in [6.45, 7) is 1.81. The van der Waals surface area contributed by atoms with Crippen LogP contribution in [-0.4, -0.2) is 10.9 Å². The molecule has 4 nitrogen and oxygen atoms in total. The maximum atomic E-state index is 12.1. The Kier molecular flexibility index (Phi) is 2.94. The van der Waals surface area contributed by atoms with Crippen LogP contribution >= 0.6 is 11.3 Å². The smallest absolute Gasteiger partial charge is 0.293 e. The van der Waals surface area contributed by atoms with E-state index in [4.69, 9.17) is 4.42 Å². The van der Waals surface area contributed by atoms with Gasteiger partial charge in [-0.05, 0) is 30.5 Å². The van der Waals surface area contributed by atoms with Gasteiger partial charge in [0, 0.05) is 5.39 Å². The summed E-state index contributed by atoms with van der Waals surface area (Å²) in [5.74, 6) is 0.721. The molecule has 2 aromatic heterocycles. The van der Waals surface area contributed by atoms with E-state index in [2.05, 4.69) is 22.4 Å². The van der Waals surface area contributed by atoms with Crippen LogP contribution in [0.3, 0.4) is 0 Å². The van der Waals surface area contributed by atoms with E-state index in [1.807, 2.05) is 24.3 Å². The van der Waals surface area contributed by atoms with Crippen molar-refractivity contribution in [2.24, 2.45) is 0 Å². The predicted octanol–water partition coefficient (Wildman–Crippen LogP) is 4.60. The van der Waals surface area contributed by atoms with Crippen molar-refractivity contribution in [3.8, 4) is 0 Å². The molecule has 2 aromatic carbocycles. The number of carbonyl (C=O) groups is 1. The lowest BCUT2D eigenvalue weighted by Gasteiger charge is -1.97. The molecule has 0 aliphatic rings. The summed E-state index contributed by atoms with van der Waals surface area (Å²) in [5.41, 5.74) is 0.911. The third-order valence-electron chi connectivity index (χ3n) is 3.47. The average molecular weight is 308 g/mol. The highest BCUT2D eigenvalue weighted by Gasteiger charge is 2.13. The molecular formula is C17H12N2O2S. The Morgan fingerprint density at radius 2 is 2.00 bits per heavy atom. The number of furan rings is 1. The number of thiazole rings is 1. The number of hydrogen-bond acceptors (Lipinski definition) is 4. The van der Waals surface area contributed by atoms with Crippen LogP contribution in [0, 0.1) is 6.92 Å². The monoisotopic (exact) mass is 308 g/mol. The predicted molar refractivity (Wildman–Crippen MR) is 88.5 cm³/mol. The van der Waals surface area contributed by atoms with Gasteiger partial charge in [-0.2, -0.15) is 0 Å². The van der Waals surface area contributed by atoms with Crippen LogP contribution in [0.4, 0.5) is 5.13 Å². The van der Waals surface area contributed by atoms with Crippen molar-refractivity contribution in [1.29, 1.82) is 0 Å². The summed E-state index contributed by atoms with van der Waals surface area (Å²) in [5, 5.41) is 5.60. The highest BCUT2D eigenvalue weighted by molar-refractivity contribution is 7.22. The maximum Gasteiger partial charge on any atom is 0.293 e. The zero-order chi connectivity index (χ0) is 15.1. The van der Waals surface area contributed by atoms with Gasteiger partial charge in [0.25, 0.3) is 5.91 Å². The van der Waals surface area contributed by atoms with Crippen molar-refractivity contribution in [3.05, 3.63) is 60.1 Å². The molecule has 0 spiro atoms. The van der Waals surface area contributed by atoms with Gasteiger partial charge in [0.1, 0.15) is 5.76 Å². The SMILES string of the molecule is Cc1ccc(C(=O)Nc2nc3c(ccc4ccccc43)s2)o1. The molecule has 1 amide bonds. The molecule has 0 radical (unpaired) electrons. The number of benzene rings is 2. The van der Waals surface area contributed by atoms with E-state index in [-0.39, 0.29) is 5.91 Å². The molecule has 0 bridgehead atoms. The standard InChI is InChI=1S/C17H12N2O2S/c1-10-6-8-13(21-10)16(20)19-17-18-15-12-5-3-2-4-11(12)7-9-14(15)22-17/h2-9H,1H3,(H,18,19,20). The number of amides is 1. The summed E-state index contributed by atoms with van der Waals surface area (Å²) < 4.78 is 6.37. The zero-order valence-corrected chi connectivity index (χ0v) is 12.6. The van der Waals surface area contributed by atoms with Gasteiger partial charge in [-0.1, -0.05) is 41.7 Å². The molecule has 0 saturated carbocycles. The third kappa shape index (κ3) is 2.16. The molecule has 0 saturated heterocycles. The molecule has 0 unspecified atom stereocenters. The number of fused-ring (bicyclic) bond motifs is 3. The fourth-order valence-corrected chi connectivity index (χ4v) is 3.31. The number of anilines is 1. The molecular weight excluding hydrogens is 296 g/mol. The van der Waals surface area contributed by atoms with Gasteiger partial charge >= 0.3 is 0 Å². The summed E-state index contributed by atoms with van der Waals surface area (Å²) in [6, 6.07) is 15.6. The van der Waals surface area contributed by atoms with E-state index in [0.29, 0.717) is 16.7 Å². The highest BCUT2D eigenvalue weighted by atomic mass is 32.1. The molecule has 0 aliphatic carbocycles. The van der Waals surface area contributed by atoms with E-state index >= 15 is 0 Å². The Morgan fingerprint density at radius 1 is 1.14 bits per heavy atom. The van der Waals surface area contributed by atoms with Crippen molar-refractivity contribution in [1.82, 2.24) is 4.98 Å². The maximum absolute atomic E-state index is 12.1. The minimum absolute atomic E-state index is 0.281. The van der Waals surface area contributed by atoms with Gasteiger partial charge in [0.15, 0.2) is 10.9 Å². The highest BCUT2D eigenvalue weighted by Crippen LogP contribution is 2.31. The van der Waals surface area contributed by atoms with Gasteiger partial charge in [0.05, 0.1) is 10.2 Å². The lowest BCUT2D eigenvalue weighted by molar-refractivity contribution is 0.0995. The quantitative estimate of drug-likeness (QED) is 0.588. The van der Waals surface area contributed by atoms with Gasteiger partial charge in [0.2, 0.25) is 0 Å². The van der Waals surface area contributed by atoms with Crippen LogP contribution in [0.5, 0.6) is 0 Å². The minimum Gasteiger partial charge on any atom is -0.456 e. The van der Waals surface area contributed by atoms with E-state index in [9.17, 15) is 4.79 Å². The first-order valence-corrected chi connectivity index (χ1v) is 7.68. The van der Waals surface area contributed by atoms with Gasteiger partial charge < -0.3 is 4.42 Å². The second kappa shape index (κ2) is 4.96. The summed E-state index contributed by atoms with van der Waals surface area (Å²) in [4.78, 5) is 16.7. The first kappa shape index (κ1) is 13.0. The Hall–Kier alpha value is -2.66. The van der Waals surface area contributed by atoms with Crippen LogP contribution in [0.2, 0.25) is 0 Å². The van der Waals surface area contributed by atoms with Crippen LogP contribution in [0.25, 0.3) is 21.0 Å². The molecule has 2 heterocycles.